The van der Waals surface area contributed by atoms with Crippen LogP contribution in [0, 0.1) is 0 Å². The molecule has 182 valence electrons. The predicted octanol–water partition coefficient (Wildman–Crippen LogP) is 3.22. The van der Waals surface area contributed by atoms with Crippen molar-refractivity contribution in [3.05, 3.63) is 83.9 Å². The van der Waals surface area contributed by atoms with Crippen LogP contribution in [0.2, 0.25) is 0 Å². The number of amides is 2. The molecule has 3 aromatic carbocycles. The Bertz CT molecular complexity index is 1190. The summed E-state index contributed by atoms with van der Waals surface area (Å²) in [6.45, 7) is 0. The van der Waals surface area contributed by atoms with E-state index in [2.05, 4.69) is 5.32 Å². The molecule has 0 aromatic heterocycles. The second kappa shape index (κ2) is 12.3. The van der Waals surface area contributed by atoms with Crippen LogP contribution in [0.3, 0.4) is 0 Å². The van der Waals surface area contributed by atoms with Crippen molar-refractivity contribution in [2.45, 2.75) is 44.2 Å². The number of primary amides is 1. The molecule has 0 saturated carbocycles. The molecule has 0 radical (unpaired) electrons. The van der Waals surface area contributed by atoms with Crippen LogP contribution in [-0.2, 0) is 25.5 Å². The van der Waals surface area contributed by atoms with Gasteiger partial charge in [0, 0.05) is 18.4 Å². The molecule has 35 heavy (non-hydrogen) atoms. The van der Waals surface area contributed by atoms with Crippen LogP contribution in [0.1, 0.15) is 41.6 Å². The topological polar surface area (TPSA) is 136 Å². The number of carbonyl (C=O) groups excluding carboxylic acids is 3. The van der Waals surface area contributed by atoms with Gasteiger partial charge in [-0.3, -0.25) is 14.4 Å². The summed E-state index contributed by atoms with van der Waals surface area (Å²) in [6.07, 6.45) is -0.691. The molecule has 0 aliphatic carbocycles. The van der Waals surface area contributed by atoms with Gasteiger partial charge in [0.2, 0.25) is 5.91 Å². The molecule has 0 bridgehead atoms. The van der Waals surface area contributed by atoms with Gasteiger partial charge >= 0.3 is 11.9 Å². The Kier molecular flexibility index (Phi) is 8.95. The van der Waals surface area contributed by atoms with E-state index in [9.17, 15) is 19.2 Å². The fourth-order valence-electron chi connectivity index (χ4n) is 3.79. The summed E-state index contributed by atoms with van der Waals surface area (Å²) < 4.78 is 5.63. The number of carbonyl (C=O) groups is 4. The second-order valence-electron chi connectivity index (χ2n) is 8.29. The summed E-state index contributed by atoms with van der Waals surface area (Å²) >= 11 is 0. The largest absolute Gasteiger partial charge is 0.481 e. The first-order chi connectivity index (χ1) is 16.8. The third kappa shape index (κ3) is 7.96. The number of nitrogens with two attached hydrogens (primary N) is 1. The van der Waals surface area contributed by atoms with Crippen molar-refractivity contribution >= 4 is 34.5 Å². The number of rotatable bonds is 12. The molecule has 8 heteroatoms. The van der Waals surface area contributed by atoms with Crippen LogP contribution in [0.4, 0.5) is 0 Å². The second-order valence-corrected chi connectivity index (χ2v) is 8.29. The lowest BCUT2D eigenvalue weighted by Gasteiger charge is -2.22. The number of aliphatic carboxylic acids is 1. The van der Waals surface area contributed by atoms with Crippen molar-refractivity contribution in [3.8, 4) is 0 Å². The lowest BCUT2D eigenvalue weighted by Crippen LogP contribution is -2.43. The first-order valence-electron chi connectivity index (χ1n) is 11.4. The first-order valence-corrected chi connectivity index (χ1v) is 11.4. The van der Waals surface area contributed by atoms with Crippen molar-refractivity contribution in [1.29, 1.82) is 0 Å². The SMILES string of the molecule is NC(=O)C[C@H](Cc1ccc2ccccc2c1)OC(=O)[C@H](CCCC(=O)O)NC(=O)c1ccccc1. The maximum absolute atomic E-state index is 13.0. The Morgan fingerprint density at radius 3 is 2.29 bits per heavy atom. The van der Waals surface area contributed by atoms with Crippen molar-refractivity contribution in [1.82, 2.24) is 5.32 Å². The molecule has 8 nitrogen and oxygen atoms in total. The zero-order valence-corrected chi connectivity index (χ0v) is 19.2. The summed E-state index contributed by atoms with van der Waals surface area (Å²) in [6, 6.07) is 20.9. The standard InChI is InChI=1S/C27H28N2O6/c28-24(30)17-22(16-18-13-14-19-7-4-5-10-21(19)15-18)35-27(34)23(11-6-12-25(31)32)29-26(33)20-8-2-1-3-9-20/h1-5,7-10,13-15,22-23H,6,11-12,16-17H2,(H2,28,30)(H,29,33)(H,31,32)/t22-,23-/m0/s1. The highest BCUT2D eigenvalue weighted by Crippen LogP contribution is 2.19. The highest BCUT2D eigenvalue weighted by molar-refractivity contribution is 5.96. The van der Waals surface area contributed by atoms with E-state index in [1.165, 1.54) is 0 Å². The van der Waals surface area contributed by atoms with E-state index in [1.54, 1.807) is 30.3 Å². The van der Waals surface area contributed by atoms with Gasteiger partial charge in [0.1, 0.15) is 12.1 Å². The number of esters is 1. The number of carboxylic acid groups (broad SMARTS) is 1. The quantitative estimate of drug-likeness (QED) is 0.344. The maximum atomic E-state index is 13.0. The minimum absolute atomic E-state index is 0.0724. The number of fused-ring (bicyclic) bond motifs is 1. The molecule has 0 aliphatic heterocycles. The number of hydrogen-bond donors (Lipinski definition) is 3. The van der Waals surface area contributed by atoms with E-state index < -0.39 is 35.9 Å². The number of ether oxygens (including phenoxy) is 1. The maximum Gasteiger partial charge on any atom is 0.328 e. The van der Waals surface area contributed by atoms with Crippen LogP contribution in [0.25, 0.3) is 10.8 Å². The summed E-state index contributed by atoms with van der Waals surface area (Å²) in [5.41, 5.74) is 6.61. The van der Waals surface area contributed by atoms with E-state index >= 15 is 0 Å². The minimum Gasteiger partial charge on any atom is -0.481 e. The molecule has 4 N–H and O–H groups in total. The zero-order chi connectivity index (χ0) is 25.2. The monoisotopic (exact) mass is 476 g/mol. The molecule has 0 saturated heterocycles. The summed E-state index contributed by atoms with van der Waals surface area (Å²) in [4.78, 5) is 48.3. The Balaban J connectivity index is 1.74. The van der Waals surface area contributed by atoms with Crippen LogP contribution >= 0.6 is 0 Å². The average Bonchev–Trinajstić information content (AvgIpc) is 2.83. The van der Waals surface area contributed by atoms with Crippen molar-refractivity contribution in [2.75, 3.05) is 0 Å². The molecular weight excluding hydrogens is 448 g/mol. The normalized spacial score (nSPS) is 12.5. The van der Waals surface area contributed by atoms with Crippen molar-refractivity contribution in [3.63, 3.8) is 0 Å². The molecule has 0 unspecified atom stereocenters. The van der Waals surface area contributed by atoms with E-state index in [-0.39, 0.29) is 32.1 Å². The highest BCUT2D eigenvalue weighted by atomic mass is 16.5. The van der Waals surface area contributed by atoms with Crippen molar-refractivity contribution in [2.24, 2.45) is 5.73 Å². The molecule has 3 rings (SSSR count). The molecule has 0 aliphatic rings. The zero-order valence-electron chi connectivity index (χ0n) is 19.2. The number of nitrogens with one attached hydrogen (secondary N) is 1. The summed E-state index contributed by atoms with van der Waals surface area (Å²) in [5.74, 6) is -2.86. The van der Waals surface area contributed by atoms with Crippen LogP contribution in [0.15, 0.2) is 72.8 Å². The molecular formula is C27H28N2O6. The van der Waals surface area contributed by atoms with E-state index in [0.29, 0.717) is 5.56 Å². The van der Waals surface area contributed by atoms with E-state index in [1.807, 2.05) is 42.5 Å². The Hall–Kier alpha value is -4.20. The summed E-state index contributed by atoms with van der Waals surface area (Å²) in [5, 5.41) is 13.7. The third-order valence-corrected chi connectivity index (χ3v) is 5.50. The Morgan fingerprint density at radius 2 is 1.60 bits per heavy atom. The van der Waals surface area contributed by atoms with Gasteiger partial charge in [-0.05, 0) is 41.3 Å². The lowest BCUT2D eigenvalue weighted by atomic mass is 10.0. The van der Waals surface area contributed by atoms with Gasteiger partial charge in [-0.1, -0.05) is 60.7 Å². The number of carboxylic acids is 1. The van der Waals surface area contributed by atoms with Gasteiger partial charge in [-0.25, -0.2) is 4.79 Å². The molecule has 3 aromatic rings. The fourth-order valence-corrected chi connectivity index (χ4v) is 3.79. The van der Waals surface area contributed by atoms with Crippen LogP contribution in [-0.4, -0.2) is 41.0 Å². The van der Waals surface area contributed by atoms with Gasteiger partial charge < -0.3 is 20.9 Å². The van der Waals surface area contributed by atoms with Gasteiger partial charge in [0.25, 0.3) is 5.91 Å². The van der Waals surface area contributed by atoms with E-state index in [4.69, 9.17) is 15.6 Å². The predicted molar refractivity (Wildman–Crippen MR) is 131 cm³/mol. The number of hydrogen-bond acceptors (Lipinski definition) is 5. The van der Waals surface area contributed by atoms with Gasteiger partial charge in [0.05, 0.1) is 6.42 Å². The van der Waals surface area contributed by atoms with Gasteiger partial charge in [0.15, 0.2) is 0 Å². The van der Waals surface area contributed by atoms with Crippen LogP contribution in [0.5, 0.6) is 0 Å². The molecule has 2 atom stereocenters. The first kappa shape index (κ1) is 25.4. The Morgan fingerprint density at radius 1 is 0.914 bits per heavy atom. The minimum atomic E-state index is -1.07. The van der Waals surface area contributed by atoms with Crippen LogP contribution < -0.4 is 11.1 Å². The average molecular weight is 477 g/mol. The van der Waals surface area contributed by atoms with E-state index in [0.717, 1.165) is 16.3 Å². The third-order valence-electron chi connectivity index (χ3n) is 5.50. The number of benzene rings is 3. The molecule has 2 amide bonds. The van der Waals surface area contributed by atoms with Gasteiger partial charge in [-0.15, -0.1) is 0 Å². The Labute approximate surface area is 203 Å². The van der Waals surface area contributed by atoms with Gasteiger partial charge in [-0.2, -0.15) is 0 Å². The molecule has 0 spiro atoms. The summed E-state index contributed by atoms with van der Waals surface area (Å²) in [7, 11) is 0. The fraction of sp³-hybridized carbons (Fsp3) is 0.259. The smallest absolute Gasteiger partial charge is 0.328 e. The highest BCUT2D eigenvalue weighted by Gasteiger charge is 2.27. The molecule has 0 fully saturated rings. The lowest BCUT2D eigenvalue weighted by molar-refractivity contribution is -0.153. The van der Waals surface area contributed by atoms with Crippen molar-refractivity contribution < 1.29 is 29.0 Å². The molecule has 0 heterocycles.